The molecule has 0 bridgehead atoms. The number of amides is 1. The number of ether oxygens (including phenoxy) is 3. The van der Waals surface area contributed by atoms with Crippen LogP contribution < -0.4 is 11.1 Å². The molecular formula is C11H20N2O5. The highest BCUT2D eigenvalue weighted by Gasteiger charge is 2.36. The van der Waals surface area contributed by atoms with Crippen LogP contribution in [0.5, 0.6) is 0 Å². The molecule has 0 aromatic rings. The minimum Gasteiger partial charge on any atom is -0.464 e. The molecule has 0 radical (unpaired) electrons. The molecular weight excluding hydrogens is 240 g/mol. The molecule has 18 heavy (non-hydrogen) atoms. The van der Waals surface area contributed by atoms with E-state index in [9.17, 15) is 9.59 Å². The molecule has 1 heterocycles. The van der Waals surface area contributed by atoms with E-state index >= 15 is 0 Å². The van der Waals surface area contributed by atoms with Gasteiger partial charge in [0.15, 0.2) is 6.04 Å². The van der Waals surface area contributed by atoms with E-state index in [-0.39, 0.29) is 13.2 Å². The van der Waals surface area contributed by atoms with E-state index < -0.39 is 23.5 Å². The molecule has 1 aliphatic rings. The molecule has 2 atom stereocenters. The third-order valence-corrected chi connectivity index (χ3v) is 2.91. The Morgan fingerprint density at radius 3 is 2.78 bits per heavy atom. The van der Waals surface area contributed by atoms with Crippen molar-refractivity contribution < 1.29 is 23.8 Å². The number of nitrogens with two attached hydrogens (primary N) is 1. The molecule has 0 aromatic carbocycles. The number of esters is 1. The molecule has 2 unspecified atom stereocenters. The summed E-state index contributed by atoms with van der Waals surface area (Å²) in [5.74, 6) is -1.30. The van der Waals surface area contributed by atoms with E-state index in [0.717, 1.165) is 0 Å². The van der Waals surface area contributed by atoms with Gasteiger partial charge in [-0.3, -0.25) is 4.79 Å². The summed E-state index contributed by atoms with van der Waals surface area (Å²) < 4.78 is 15.2. The minimum atomic E-state index is -1.30. The largest absolute Gasteiger partial charge is 0.464 e. The molecule has 1 aliphatic heterocycles. The highest BCUT2D eigenvalue weighted by molar-refractivity contribution is 6.01. The zero-order chi connectivity index (χ0) is 13.6. The Morgan fingerprint density at radius 2 is 2.28 bits per heavy atom. The molecule has 3 N–H and O–H groups in total. The van der Waals surface area contributed by atoms with Crippen molar-refractivity contribution in [3.63, 3.8) is 0 Å². The summed E-state index contributed by atoms with van der Waals surface area (Å²) in [5.41, 5.74) is 4.93. The summed E-state index contributed by atoms with van der Waals surface area (Å²) >= 11 is 0. The summed E-state index contributed by atoms with van der Waals surface area (Å²) in [7, 11) is 1.56. The lowest BCUT2D eigenvalue weighted by atomic mass is 10.0. The normalized spacial score (nSPS) is 24.6. The van der Waals surface area contributed by atoms with Crippen LogP contribution in [0, 0.1) is 0 Å². The fourth-order valence-electron chi connectivity index (χ4n) is 1.66. The highest BCUT2D eigenvalue weighted by atomic mass is 16.6. The van der Waals surface area contributed by atoms with E-state index in [1.54, 1.807) is 14.0 Å². The lowest BCUT2D eigenvalue weighted by Crippen LogP contribution is -2.52. The van der Waals surface area contributed by atoms with Gasteiger partial charge in [0.1, 0.15) is 5.60 Å². The number of hydrogen-bond acceptors (Lipinski definition) is 6. The summed E-state index contributed by atoms with van der Waals surface area (Å²) in [6.07, 6.45) is 0.693. The van der Waals surface area contributed by atoms with Gasteiger partial charge in [-0.25, -0.2) is 4.79 Å². The van der Waals surface area contributed by atoms with Crippen LogP contribution in [0.2, 0.25) is 0 Å². The van der Waals surface area contributed by atoms with Crippen LogP contribution in [0.15, 0.2) is 0 Å². The monoisotopic (exact) mass is 260 g/mol. The second-order valence-corrected chi connectivity index (χ2v) is 4.14. The third-order valence-electron chi connectivity index (χ3n) is 2.91. The molecule has 0 aromatic heterocycles. The van der Waals surface area contributed by atoms with Crippen molar-refractivity contribution in [2.24, 2.45) is 5.73 Å². The lowest BCUT2D eigenvalue weighted by molar-refractivity contribution is -0.148. The van der Waals surface area contributed by atoms with Crippen LogP contribution in [0.1, 0.15) is 13.3 Å². The Morgan fingerprint density at radius 1 is 1.56 bits per heavy atom. The van der Waals surface area contributed by atoms with Gasteiger partial charge >= 0.3 is 5.97 Å². The Balaban J connectivity index is 2.42. The van der Waals surface area contributed by atoms with Crippen LogP contribution in [-0.4, -0.2) is 57.0 Å². The first-order valence-corrected chi connectivity index (χ1v) is 5.87. The van der Waals surface area contributed by atoms with E-state index in [0.29, 0.717) is 19.6 Å². The maximum Gasteiger partial charge on any atom is 0.332 e. The maximum absolute atomic E-state index is 11.6. The third kappa shape index (κ3) is 3.66. The average Bonchev–Trinajstić information content (AvgIpc) is 2.84. The molecule has 1 amide bonds. The van der Waals surface area contributed by atoms with Crippen molar-refractivity contribution in [3.05, 3.63) is 0 Å². The first kappa shape index (κ1) is 14.9. The second kappa shape index (κ2) is 6.67. The molecule has 1 fully saturated rings. The summed E-state index contributed by atoms with van der Waals surface area (Å²) in [5, 5.41) is 2.59. The van der Waals surface area contributed by atoms with Crippen LogP contribution in [0.25, 0.3) is 0 Å². The first-order valence-electron chi connectivity index (χ1n) is 5.87. The Bertz CT molecular complexity index is 302. The fraction of sp³-hybridized carbons (Fsp3) is 0.818. The fourth-order valence-corrected chi connectivity index (χ4v) is 1.66. The molecule has 0 saturated carbocycles. The van der Waals surface area contributed by atoms with Crippen LogP contribution in [0.4, 0.5) is 0 Å². The van der Waals surface area contributed by atoms with Gasteiger partial charge in [0.05, 0.1) is 13.2 Å². The first-order chi connectivity index (χ1) is 8.54. The Kier molecular flexibility index (Phi) is 5.52. The number of carbonyl (C=O) groups is 2. The van der Waals surface area contributed by atoms with Crippen molar-refractivity contribution in [3.8, 4) is 0 Å². The van der Waals surface area contributed by atoms with E-state index in [4.69, 9.17) is 15.2 Å². The summed E-state index contributed by atoms with van der Waals surface area (Å²) in [4.78, 5) is 22.9. The van der Waals surface area contributed by atoms with E-state index in [1.807, 2.05) is 0 Å². The van der Waals surface area contributed by atoms with Gasteiger partial charge in [0.25, 0.3) is 0 Å². The van der Waals surface area contributed by atoms with Gasteiger partial charge in [0, 0.05) is 26.7 Å². The number of methoxy groups -OCH3 is 1. The topological polar surface area (TPSA) is 99.9 Å². The zero-order valence-corrected chi connectivity index (χ0v) is 10.7. The average molecular weight is 260 g/mol. The number of carbonyl (C=O) groups excluding carboxylic acids is 2. The van der Waals surface area contributed by atoms with Gasteiger partial charge in [-0.05, 0) is 6.92 Å². The predicted molar refractivity (Wildman–Crippen MR) is 62.8 cm³/mol. The van der Waals surface area contributed by atoms with Crippen LogP contribution >= 0.6 is 0 Å². The minimum absolute atomic E-state index is 0.190. The SMILES string of the molecule is CCOC(=O)C(N)C(=O)NCC1(OC)CCOC1. The van der Waals surface area contributed by atoms with Crippen LogP contribution in [0.3, 0.4) is 0 Å². The van der Waals surface area contributed by atoms with Crippen molar-refractivity contribution in [1.82, 2.24) is 5.32 Å². The quantitative estimate of drug-likeness (QED) is 0.459. The highest BCUT2D eigenvalue weighted by Crippen LogP contribution is 2.21. The smallest absolute Gasteiger partial charge is 0.332 e. The zero-order valence-electron chi connectivity index (χ0n) is 10.7. The second-order valence-electron chi connectivity index (χ2n) is 4.14. The molecule has 7 heteroatoms. The Hall–Kier alpha value is -1.18. The molecule has 0 aliphatic carbocycles. The number of nitrogens with one attached hydrogen (secondary N) is 1. The van der Waals surface area contributed by atoms with Crippen molar-refractivity contribution in [2.45, 2.75) is 25.0 Å². The number of rotatable bonds is 6. The standard InChI is InChI=1S/C11H20N2O5/c1-3-18-10(15)8(12)9(14)13-6-11(16-2)4-5-17-7-11/h8H,3-7,12H2,1-2H3,(H,13,14). The van der Waals surface area contributed by atoms with Crippen molar-refractivity contribution in [2.75, 3.05) is 33.5 Å². The predicted octanol–water partition coefficient (Wildman–Crippen LogP) is -1.20. The van der Waals surface area contributed by atoms with Crippen molar-refractivity contribution in [1.29, 1.82) is 0 Å². The molecule has 104 valence electrons. The van der Waals surface area contributed by atoms with Gasteiger partial charge in [-0.1, -0.05) is 0 Å². The number of hydrogen-bond donors (Lipinski definition) is 2. The Labute approximate surface area is 106 Å². The maximum atomic E-state index is 11.6. The van der Waals surface area contributed by atoms with Gasteiger partial charge in [-0.15, -0.1) is 0 Å². The van der Waals surface area contributed by atoms with E-state index in [1.165, 1.54) is 0 Å². The van der Waals surface area contributed by atoms with Crippen molar-refractivity contribution >= 4 is 11.9 Å². The molecule has 7 nitrogen and oxygen atoms in total. The molecule has 1 rings (SSSR count). The lowest BCUT2D eigenvalue weighted by Gasteiger charge is -2.26. The molecule has 1 saturated heterocycles. The van der Waals surface area contributed by atoms with Crippen LogP contribution in [-0.2, 0) is 23.8 Å². The summed E-state index contributed by atoms with van der Waals surface area (Å²) in [6, 6.07) is -1.30. The van der Waals surface area contributed by atoms with Gasteiger partial charge in [-0.2, -0.15) is 0 Å². The van der Waals surface area contributed by atoms with Gasteiger partial charge < -0.3 is 25.3 Å². The van der Waals surface area contributed by atoms with E-state index in [2.05, 4.69) is 10.1 Å². The summed E-state index contributed by atoms with van der Waals surface area (Å²) in [6.45, 7) is 3.11. The molecule has 0 spiro atoms. The van der Waals surface area contributed by atoms with Gasteiger partial charge in [0.2, 0.25) is 5.91 Å².